The number of nitrogens with one attached hydrogen (secondary N) is 2. The van der Waals surface area contributed by atoms with Crippen molar-refractivity contribution in [3.05, 3.63) is 23.8 Å². The molecule has 1 saturated carbocycles. The van der Waals surface area contributed by atoms with Crippen LogP contribution in [0.25, 0.3) is 0 Å². The molecule has 1 heterocycles. The maximum Gasteiger partial charge on any atom is 0.227 e. The van der Waals surface area contributed by atoms with Gasteiger partial charge in [-0.15, -0.1) is 0 Å². The van der Waals surface area contributed by atoms with Gasteiger partial charge in [-0.3, -0.25) is 4.79 Å². The van der Waals surface area contributed by atoms with E-state index in [1.54, 1.807) is 0 Å². The second-order valence-electron chi connectivity index (χ2n) is 6.08. The summed E-state index contributed by atoms with van der Waals surface area (Å²) in [6.45, 7) is 1.06. The van der Waals surface area contributed by atoms with Gasteiger partial charge in [-0.1, -0.05) is 25.7 Å². The Balaban J connectivity index is 1.66. The second-order valence-corrected chi connectivity index (χ2v) is 6.08. The van der Waals surface area contributed by atoms with Crippen LogP contribution in [0.1, 0.15) is 50.5 Å². The van der Waals surface area contributed by atoms with Gasteiger partial charge in [-0.25, -0.2) is 0 Å². The van der Waals surface area contributed by atoms with Gasteiger partial charge in [-0.05, 0) is 49.4 Å². The monoisotopic (exact) mass is 272 g/mol. The number of hydrogen-bond acceptors (Lipinski definition) is 2. The molecule has 0 saturated heterocycles. The number of carbonyl (C=O) groups excluding carboxylic acids is 1. The number of rotatable bonds is 2. The first kappa shape index (κ1) is 13.5. The summed E-state index contributed by atoms with van der Waals surface area (Å²) in [7, 11) is 0. The summed E-state index contributed by atoms with van der Waals surface area (Å²) < 4.78 is 0. The van der Waals surface area contributed by atoms with E-state index in [0.717, 1.165) is 31.5 Å². The van der Waals surface area contributed by atoms with Gasteiger partial charge in [0.1, 0.15) is 0 Å². The third kappa shape index (κ3) is 3.14. The van der Waals surface area contributed by atoms with Crippen LogP contribution in [-0.4, -0.2) is 12.5 Å². The minimum absolute atomic E-state index is 0.214. The zero-order valence-corrected chi connectivity index (χ0v) is 12.1. The van der Waals surface area contributed by atoms with E-state index in [2.05, 4.69) is 22.8 Å². The van der Waals surface area contributed by atoms with E-state index in [0.29, 0.717) is 0 Å². The lowest BCUT2D eigenvalue weighted by Crippen LogP contribution is -2.22. The molecule has 1 amide bonds. The number of benzene rings is 1. The number of anilines is 2. The molecule has 1 aromatic rings. The minimum atomic E-state index is 0.214. The first-order valence-corrected chi connectivity index (χ1v) is 8.00. The summed E-state index contributed by atoms with van der Waals surface area (Å²) in [6, 6.07) is 6.25. The van der Waals surface area contributed by atoms with Gasteiger partial charge in [0.25, 0.3) is 0 Å². The summed E-state index contributed by atoms with van der Waals surface area (Å²) in [5.74, 6) is 0.433. The van der Waals surface area contributed by atoms with E-state index in [1.807, 2.05) is 6.07 Å². The molecule has 3 nitrogen and oxygen atoms in total. The van der Waals surface area contributed by atoms with Gasteiger partial charge in [-0.2, -0.15) is 0 Å². The molecular weight excluding hydrogens is 248 g/mol. The number of aryl methyl sites for hydroxylation is 1. The van der Waals surface area contributed by atoms with Crippen molar-refractivity contribution >= 4 is 17.3 Å². The molecule has 1 aliphatic carbocycles. The number of fused-ring (bicyclic) bond motifs is 1. The lowest BCUT2D eigenvalue weighted by Gasteiger charge is -2.20. The summed E-state index contributed by atoms with van der Waals surface area (Å²) in [4.78, 5) is 12.4. The highest BCUT2D eigenvalue weighted by Crippen LogP contribution is 2.27. The Kier molecular flexibility index (Phi) is 4.24. The normalized spacial score (nSPS) is 19.6. The van der Waals surface area contributed by atoms with E-state index < -0.39 is 0 Å². The van der Waals surface area contributed by atoms with Crippen molar-refractivity contribution in [2.75, 3.05) is 17.2 Å². The quantitative estimate of drug-likeness (QED) is 0.800. The number of amides is 1. The molecule has 0 aromatic heterocycles. The van der Waals surface area contributed by atoms with Crippen LogP contribution in [0.3, 0.4) is 0 Å². The van der Waals surface area contributed by atoms with Crippen LogP contribution in [0.15, 0.2) is 18.2 Å². The van der Waals surface area contributed by atoms with Crippen molar-refractivity contribution in [1.82, 2.24) is 0 Å². The summed E-state index contributed by atoms with van der Waals surface area (Å²) in [5, 5.41) is 6.52. The average molecular weight is 272 g/mol. The summed E-state index contributed by atoms with van der Waals surface area (Å²) >= 11 is 0. The molecule has 0 bridgehead atoms. The first-order valence-electron chi connectivity index (χ1n) is 8.00. The van der Waals surface area contributed by atoms with Crippen LogP contribution in [0.5, 0.6) is 0 Å². The van der Waals surface area contributed by atoms with Crippen LogP contribution >= 0.6 is 0 Å². The Hall–Kier alpha value is -1.51. The standard InChI is InChI=1S/C17H24N2O/c20-17(13-6-3-1-2-4-7-13)19-15-9-10-16-14(12-15)8-5-11-18-16/h9-10,12-13,18H,1-8,11H2,(H,19,20). The Morgan fingerprint density at radius 3 is 2.70 bits per heavy atom. The maximum atomic E-state index is 12.4. The van der Waals surface area contributed by atoms with E-state index in [4.69, 9.17) is 0 Å². The molecule has 108 valence electrons. The van der Waals surface area contributed by atoms with Crippen LogP contribution in [-0.2, 0) is 11.2 Å². The molecule has 3 rings (SSSR count). The number of carbonyl (C=O) groups is 1. The molecular formula is C17H24N2O. The van der Waals surface area contributed by atoms with Gasteiger partial charge >= 0.3 is 0 Å². The topological polar surface area (TPSA) is 41.1 Å². The molecule has 1 aromatic carbocycles. The minimum Gasteiger partial charge on any atom is -0.385 e. The van der Waals surface area contributed by atoms with E-state index in [9.17, 15) is 4.79 Å². The van der Waals surface area contributed by atoms with Crippen molar-refractivity contribution < 1.29 is 4.79 Å². The molecule has 20 heavy (non-hydrogen) atoms. The van der Waals surface area contributed by atoms with E-state index in [-0.39, 0.29) is 11.8 Å². The third-order valence-corrected chi connectivity index (χ3v) is 4.54. The Morgan fingerprint density at radius 1 is 1.10 bits per heavy atom. The summed E-state index contributed by atoms with van der Waals surface area (Å²) in [5.41, 5.74) is 3.51. The molecule has 0 radical (unpaired) electrons. The second kappa shape index (κ2) is 6.29. The highest BCUT2D eigenvalue weighted by Gasteiger charge is 2.20. The van der Waals surface area contributed by atoms with Gasteiger partial charge in [0.15, 0.2) is 0 Å². The van der Waals surface area contributed by atoms with E-state index >= 15 is 0 Å². The van der Waals surface area contributed by atoms with Crippen molar-refractivity contribution in [3.8, 4) is 0 Å². The Morgan fingerprint density at radius 2 is 1.90 bits per heavy atom. The zero-order chi connectivity index (χ0) is 13.8. The molecule has 0 atom stereocenters. The van der Waals surface area contributed by atoms with Gasteiger partial charge in [0, 0.05) is 23.8 Å². The van der Waals surface area contributed by atoms with Gasteiger partial charge in [0.05, 0.1) is 0 Å². The fourth-order valence-corrected chi connectivity index (χ4v) is 3.34. The van der Waals surface area contributed by atoms with E-state index in [1.165, 1.54) is 43.4 Å². The molecule has 2 aliphatic rings. The Labute approximate surface area is 121 Å². The van der Waals surface area contributed by atoms with Crippen molar-refractivity contribution in [1.29, 1.82) is 0 Å². The summed E-state index contributed by atoms with van der Waals surface area (Å²) in [6.07, 6.45) is 9.36. The Bertz CT molecular complexity index is 476. The van der Waals surface area contributed by atoms with Gasteiger partial charge in [0.2, 0.25) is 5.91 Å². The fraction of sp³-hybridized carbons (Fsp3) is 0.588. The number of hydrogen-bond donors (Lipinski definition) is 2. The SMILES string of the molecule is O=C(Nc1ccc2c(c1)CCCN2)C1CCCCCC1. The fourth-order valence-electron chi connectivity index (χ4n) is 3.34. The van der Waals surface area contributed by atoms with Crippen LogP contribution in [0, 0.1) is 5.92 Å². The molecule has 1 fully saturated rings. The molecule has 2 N–H and O–H groups in total. The smallest absolute Gasteiger partial charge is 0.227 e. The van der Waals surface area contributed by atoms with Crippen molar-refractivity contribution in [2.24, 2.45) is 5.92 Å². The molecule has 0 spiro atoms. The highest BCUT2D eigenvalue weighted by molar-refractivity contribution is 5.92. The zero-order valence-electron chi connectivity index (χ0n) is 12.1. The molecule has 3 heteroatoms. The van der Waals surface area contributed by atoms with Crippen LogP contribution in [0.2, 0.25) is 0 Å². The lowest BCUT2D eigenvalue weighted by atomic mass is 9.99. The first-order chi connectivity index (χ1) is 9.83. The largest absolute Gasteiger partial charge is 0.385 e. The van der Waals surface area contributed by atoms with Crippen molar-refractivity contribution in [2.45, 2.75) is 51.4 Å². The molecule has 0 unspecified atom stereocenters. The van der Waals surface area contributed by atoms with Crippen molar-refractivity contribution in [3.63, 3.8) is 0 Å². The third-order valence-electron chi connectivity index (χ3n) is 4.54. The van der Waals surface area contributed by atoms with Crippen LogP contribution in [0.4, 0.5) is 11.4 Å². The maximum absolute atomic E-state index is 12.4. The lowest BCUT2D eigenvalue weighted by molar-refractivity contribution is -0.120. The predicted octanol–water partition coefficient (Wildman–Crippen LogP) is 3.95. The van der Waals surface area contributed by atoms with Crippen LogP contribution < -0.4 is 10.6 Å². The predicted molar refractivity (Wildman–Crippen MR) is 83.1 cm³/mol. The molecule has 1 aliphatic heterocycles. The average Bonchev–Trinajstić information content (AvgIpc) is 2.76. The van der Waals surface area contributed by atoms with Gasteiger partial charge < -0.3 is 10.6 Å². The highest BCUT2D eigenvalue weighted by atomic mass is 16.1.